The molecule has 2 aliphatic rings. The highest BCUT2D eigenvalue weighted by atomic mass is 16.5. The van der Waals surface area contributed by atoms with Crippen molar-refractivity contribution in [2.24, 2.45) is 5.92 Å². The Morgan fingerprint density at radius 3 is 2.65 bits per heavy atom. The number of benzene rings is 1. The zero-order valence-electron chi connectivity index (χ0n) is 19.3. The summed E-state index contributed by atoms with van der Waals surface area (Å²) in [4.78, 5) is 5.15. The van der Waals surface area contributed by atoms with Crippen molar-refractivity contribution in [3.63, 3.8) is 0 Å². The molecule has 1 unspecified atom stereocenters. The molecule has 0 saturated heterocycles. The Kier molecular flexibility index (Phi) is 5.37. The third kappa shape index (κ3) is 3.58. The second kappa shape index (κ2) is 8.18. The van der Waals surface area contributed by atoms with Gasteiger partial charge in [0.1, 0.15) is 11.6 Å². The Morgan fingerprint density at radius 2 is 1.90 bits per heavy atom. The van der Waals surface area contributed by atoms with E-state index >= 15 is 0 Å². The summed E-state index contributed by atoms with van der Waals surface area (Å²) in [5, 5.41) is 8.93. The summed E-state index contributed by atoms with van der Waals surface area (Å²) in [7, 11) is 1.71. The Morgan fingerprint density at radius 1 is 1.10 bits per heavy atom. The van der Waals surface area contributed by atoms with E-state index in [2.05, 4.69) is 42.7 Å². The molecule has 0 radical (unpaired) electrons. The van der Waals surface area contributed by atoms with E-state index in [0.29, 0.717) is 6.04 Å². The smallest absolute Gasteiger partial charge is 0.165 e. The van der Waals surface area contributed by atoms with E-state index < -0.39 is 0 Å². The quantitative estimate of drug-likeness (QED) is 0.561. The van der Waals surface area contributed by atoms with Crippen LogP contribution in [0.3, 0.4) is 0 Å². The number of hydrogen-bond acceptors (Lipinski definition) is 4. The van der Waals surface area contributed by atoms with Gasteiger partial charge in [-0.2, -0.15) is 9.61 Å². The van der Waals surface area contributed by atoms with E-state index in [4.69, 9.17) is 14.8 Å². The second-order valence-electron chi connectivity index (χ2n) is 9.45. The van der Waals surface area contributed by atoms with Gasteiger partial charge in [0.25, 0.3) is 0 Å². The van der Waals surface area contributed by atoms with Gasteiger partial charge in [0, 0.05) is 22.9 Å². The molecule has 1 saturated carbocycles. The number of rotatable bonds is 5. The number of hydrogen-bond donors (Lipinski definition) is 1. The van der Waals surface area contributed by atoms with E-state index in [1.54, 1.807) is 7.11 Å². The van der Waals surface area contributed by atoms with Gasteiger partial charge in [-0.05, 0) is 82.1 Å². The maximum Gasteiger partial charge on any atom is 0.165 e. The number of nitrogens with zero attached hydrogens (tertiary/aromatic N) is 3. The number of aryl methyl sites for hydroxylation is 3. The molecule has 1 aromatic carbocycles. The predicted molar refractivity (Wildman–Crippen MR) is 126 cm³/mol. The lowest BCUT2D eigenvalue weighted by molar-refractivity contribution is 0.327. The minimum Gasteiger partial charge on any atom is -0.497 e. The minimum atomic E-state index is 0.450. The SMILES string of the molecule is COc1ccc(-c2c(C)nn3c(NC(C)C4CCCCC4)c4c(nc23)CCC4)c(C)c1. The van der Waals surface area contributed by atoms with Gasteiger partial charge >= 0.3 is 0 Å². The highest BCUT2D eigenvalue weighted by Crippen LogP contribution is 2.37. The summed E-state index contributed by atoms with van der Waals surface area (Å²) in [6, 6.07) is 6.72. The number of anilines is 1. The summed E-state index contributed by atoms with van der Waals surface area (Å²) in [5.41, 5.74) is 8.13. The van der Waals surface area contributed by atoms with Gasteiger partial charge in [-0.25, -0.2) is 4.98 Å². The number of methoxy groups -OCH3 is 1. The van der Waals surface area contributed by atoms with Crippen LogP contribution in [0.4, 0.5) is 5.82 Å². The van der Waals surface area contributed by atoms with Crippen LogP contribution in [0.25, 0.3) is 16.8 Å². The van der Waals surface area contributed by atoms with E-state index in [1.807, 2.05) is 6.07 Å². The van der Waals surface area contributed by atoms with Crippen molar-refractivity contribution < 1.29 is 4.74 Å². The number of aromatic nitrogens is 3. The lowest BCUT2D eigenvalue weighted by Gasteiger charge is -2.29. The summed E-state index contributed by atoms with van der Waals surface area (Å²) >= 11 is 0. The normalized spacial score (nSPS) is 17.7. The van der Waals surface area contributed by atoms with Crippen LogP contribution in [-0.2, 0) is 12.8 Å². The van der Waals surface area contributed by atoms with Gasteiger partial charge in [0.05, 0.1) is 12.8 Å². The van der Waals surface area contributed by atoms with Gasteiger partial charge in [-0.15, -0.1) is 0 Å². The molecule has 3 aromatic rings. The van der Waals surface area contributed by atoms with E-state index in [1.165, 1.54) is 66.7 Å². The van der Waals surface area contributed by atoms with Gasteiger partial charge in [-0.1, -0.05) is 25.3 Å². The van der Waals surface area contributed by atoms with Crippen molar-refractivity contribution in [3.05, 3.63) is 40.7 Å². The maximum absolute atomic E-state index is 5.42. The highest BCUT2D eigenvalue weighted by molar-refractivity contribution is 5.83. The Labute approximate surface area is 185 Å². The van der Waals surface area contributed by atoms with Crippen molar-refractivity contribution in [1.82, 2.24) is 14.6 Å². The van der Waals surface area contributed by atoms with Gasteiger partial charge in [0.2, 0.25) is 0 Å². The molecule has 0 bridgehead atoms. The standard InChI is InChI=1S/C26H34N4O/c1-16-15-20(31-4)13-14-21(16)24-18(3)29-30-25(22-11-8-12-23(22)28-26(24)30)27-17(2)19-9-6-5-7-10-19/h13-15,17,19,27H,5-12H2,1-4H3. The van der Waals surface area contributed by atoms with Gasteiger partial charge < -0.3 is 10.1 Å². The van der Waals surface area contributed by atoms with Crippen LogP contribution in [-0.4, -0.2) is 27.7 Å². The van der Waals surface area contributed by atoms with E-state index in [9.17, 15) is 0 Å². The molecule has 2 aliphatic carbocycles. The molecule has 5 nitrogen and oxygen atoms in total. The van der Waals surface area contributed by atoms with Crippen LogP contribution < -0.4 is 10.1 Å². The first-order valence-electron chi connectivity index (χ1n) is 11.9. The van der Waals surface area contributed by atoms with Crippen LogP contribution in [0.1, 0.15) is 68.0 Å². The van der Waals surface area contributed by atoms with Crippen molar-refractivity contribution in [3.8, 4) is 16.9 Å². The van der Waals surface area contributed by atoms with Crippen molar-refractivity contribution in [2.45, 2.75) is 78.2 Å². The molecule has 1 atom stereocenters. The van der Waals surface area contributed by atoms with Crippen LogP contribution in [0.5, 0.6) is 5.75 Å². The van der Waals surface area contributed by atoms with Crippen molar-refractivity contribution >= 4 is 11.5 Å². The molecule has 2 aromatic heterocycles. The van der Waals surface area contributed by atoms with Crippen molar-refractivity contribution in [1.29, 1.82) is 0 Å². The summed E-state index contributed by atoms with van der Waals surface area (Å²) in [5.74, 6) is 2.80. The summed E-state index contributed by atoms with van der Waals surface area (Å²) in [6.45, 7) is 6.60. The van der Waals surface area contributed by atoms with Crippen LogP contribution in [0.2, 0.25) is 0 Å². The molecule has 0 aliphatic heterocycles. The molecule has 31 heavy (non-hydrogen) atoms. The Hall–Kier alpha value is -2.56. The fraction of sp³-hybridized carbons (Fsp3) is 0.538. The fourth-order valence-electron chi connectivity index (χ4n) is 5.61. The maximum atomic E-state index is 5.42. The molecule has 0 amide bonds. The molecular weight excluding hydrogens is 384 g/mol. The van der Waals surface area contributed by atoms with Crippen molar-refractivity contribution in [2.75, 3.05) is 12.4 Å². The first kappa shape index (κ1) is 20.3. The second-order valence-corrected chi connectivity index (χ2v) is 9.45. The average Bonchev–Trinajstić information content (AvgIpc) is 3.38. The highest BCUT2D eigenvalue weighted by Gasteiger charge is 2.27. The molecule has 2 heterocycles. The lowest BCUT2D eigenvalue weighted by atomic mass is 9.84. The Bertz CT molecular complexity index is 1110. The van der Waals surface area contributed by atoms with Gasteiger partial charge in [-0.3, -0.25) is 0 Å². The van der Waals surface area contributed by atoms with Crippen LogP contribution in [0, 0.1) is 19.8 Å². The molecule has 164 valence electrons. The van der Waals surface area contributed by atoms with Crippen LogP contribution >= 0.6 is 0 Å². The number of ether oxygens (including phenoxy) is 1. The third-order valence-electron chi connectivity index (χ3n) is 7.39. The third-order valence-corrected chi connectivity index (χ3v) is 7.39. The monoisotopic (exact) mass is 418 g/mol. The molecule has 5 heteroatoms. The first-order valence-corrected chi connectivity index (χ1v) is 11.9. The lowest BCUT2D eigenvalue weighted by Crippen LogP contribution is -2.29. The zero-order valence-corrected chi connectivity index (χ0v) is 19.3. The van der Waals surface area contributed by atoms with E-state index in [-0.39, 0.29) is 0 Å². The van der Waals surface area contributed by atoms with Gasteiger partial charge in [0.15, 0.2) is 5.65 Å². The largest absolute Gasteiger partial charge is 0.497 e. The summed E-state index contributed by atoms with van der Waals surface area (Å²) in [6.07, 6.45) is 10.1. The Balaban J connectivity index is 1.62. The fourth-order valence-corrected chi connectivity index (χ4v) is 5.61. The number of nitrogens with one attached hydrogen (secondary N) is 1. The first-order chi connectivity index (χ1) is 15.1. The minimum absolute atomic E-state index is 0.450. The summed E-state index contributed by atoms with van der Waals surface area (Å²) < 4.78 is 7.51. The topological polar surface area (TPSA) is 51.5 Å². The molecular formula is C26H34N4O. The van der Waals surface area contributed by atoms with E-state index in [0.717, 1.165) is 41.4 Å². The number of fused-ring (bicyclic) bond motifs is 2. The molecule has 1 fully saturated rings. The molecule has 0 spiro atoms. The van der Waals surface area contributed by atoms with Crippen LogP contribution in [0.15, 0.2) is 18.2 Å². The zero-order chi connectivity index (χ0) is 21.5. The molecule has 5 rings (SSSR count). The molecule has 1 N–H and O–H groups in total. The predicted octanol–water partition coefficient (Wildman–Crippen LogP) is 5.89. The average molecular weight is 419 g/mol.